The van der Waals surface area contributed by atoms with E-state index < -0.39 is 0 Å². The summed E-state index contributed by atoms with van der Waals surface area (Å²) in [5.74, 6) is 0.0594. The normalized spacial score (nSPS) is 10.6. The highest BCUT2D eigenvalue weighted by Gasteiger charge is 2.12. The number of nitrogens with zero attached hydrogens (tertiary/aromatic N) is 2. The average Bonchev–Trinajstić information content (AvgIpc) is 2.64. The molecule has 0 aliphatic rings. The van der Waals surface area contributed by atoms with Crippen molar-refractivity contribution in [2.24, 2.45) is 0 Å². The second-order valence-electron chi connectivity index (χ2n) is 4.23. The van der Waals surface area contributed by atoms with Gasteiger partial charge in [0, 0.05) is 31.0 Å². The molecular formula is C12H18N2O2. The lowest BCUT2D eigenvalue weighted by molar-refractivity contribution is -0.131. The van der Waals surface area contributed by atoms with Gasteiger partial charge >= 0.3 is 0 Å². The maximum atomic E-state index is 11.8. The summed E-state index contributed by atoms with van der Waals surface area (Å²) >= 11 is 0. The lowest BCUT2D eigenvalue weighted by Crippen LogP contribution is -2.35. The van der Waals surface area contributed by atoms with Crippen LogP contribution in [0, 0.1) is 0 Å². The van der Waals surface area contributed by atoms with E-state index in [0.29, 0.717) is 5.56 Å². The highest BCUT2D eigenvalue weighted by atomic mass is 16.2. The van der Waals surface area contributed by atoms with Crippen LogP contribution in [0.1, 0.15) is 31.1 Å². The molecule has 0 N–H and O–H groups in total. The summed E-state index contributed by atoms with van der Waals surface area (Å²) in [6, 6.07) is 1.92. The third-order valence-electron chi connectivity index (χ3n) is 2.64. The standard InChI is InChI=1S/C12H18N2O2/c1-9(2)13(4)12(16)8-14-6-5-11(7-14)10(3)15/h5-7,9H,8H2,1-4H3. The van der Waals surface area contributed by atoms with Crippen LogP contribution in [0.3, 0.4) is 0 Å². The number of ketones is 1. The van der Waals surface area contributed by atoms with Crippen LogP contribution in [0.4, 0.5) is 0 Å². The lowest BCUT2D eigenvalue weighted by Gasteiger charge is -2.21. The first-order chi connectivity index (χ1) is 7.41. The molecule has 0 aromatic carbocycles. The summed E-state index contributed by atoms with van der Waals surface area (Å²) in [5, 5.41) is 0. The summed E-state index contributed by atoms with van der Waals surface area (Å²) in [5.41, 5.74) is 0.639. The van der Waals surface area contributed by atoms with E-state index in [1.807, 2.05) is 13.8 Å². The van der Waals surface area contributed by atoms with Crippen molar-refractivity contribution in [2.45, 2.75) is 33.4 Å². The lowest BCUT2D eigenvalue weighted by atomic mass is 10.2. The second-order valence-corrected chi connectivity index (χ2v) is 4.23. The van der Waals surface area contributed by atoms with Crippen LogP contribution in [0.2, 0.25) is 0 Å². The minimum Gasteiger partial charge on any atom is -0.344 e. The summed E-state index contributed by atoms with van der Waals surface area (Å²) in [7, 11) is 1.78. The molecule has 0 spiro atoms. The number of aromatic nitrogens is 1. The molecule has 0 unspecified atom stereocenters. The van der Waals surface area contributed by atoms with Crippen LogP contribution >= 0.6 is 0 Å². The van der Waals surface area contributed by atoms with Crippen molar-refractivity contribution < 1.29 is 9.59 Å². The summed E-state index contributed by atoms with van der Waals surface area (Å²) in [6.45, 7) is 5.73. The number of amides is 1. The maximum absolute atomic E-state index is 11.8. The zero-order valence-corrected chi connectivity index (χ0v) is 10.2. The number of Topliss-reactive ketones (excluding diaryl/α,β-unsaturated/α-hetero) is 1. The van der Waals surface area contributed by atoms with Gasteiger partial charge in [-0.3, -0.25) is 9.59 Å². The Balaban J connectivity index is 2.66. The van der Waals surface area contributed by atoms with Crippen molar-refractivity contribution in [1.82, 2.24) is 9.47 Å². The van der Waals surface area contributed by atoms with Gasteiger partial charge in [-0.25, -0.2) is 0 Å². The predicted octanol–water partition coefficient (Wildman–Crippen LogP) is 1.56. The van der Waals surface area contributed by atoms with Crippen LogP contribution in [0.5, 0.6) is 0 Å². The fourth-order valence-corrected chi connectivity index (χ4v) is 1.30. The molecule has 0 saturated carbocycles. The molecule has 88 valence electrons. The van der Waals surface area contributed by atoms with E-state index in [2.05, 4.69) is 0 Å². The van der Waals surface area contributed by atoms with Gasteiger partial charge in [0.1, 0.15) is 6.54 Å². The molecule has 4 nitrogen and oxygen atoms in total. The summed E-state index contributed by atoms with van der Waals surface area (Å²) in [6.07, 6.45) is 3.46. The average molecular weight is 222 g/mol. The molecule has 0 radical (unpaired) electrons. The highest BCUT2D eigenvalue weighted by Crippen LogP contribution is 2.04. The van der Waals surface area contributed by atoms with Gasteiger partial charge in [0.05, 0.1) is 0 Å². The Morgan fingerprint density at radius 1 is 1.44 bits per heavy atom. The minimum absolute atomic E-state index is 0.0170. The predicted molar refractivity (Wildman–Crippen MR) is 62.3 cm³/mol. The molecule has 0 fully saturated rings. The van der Waals surface area contributed by atoms with Crippen LogP contribution < -0.4 is 0 Å². The van der Waals surface area contributed by atoms with Gasteiger partial charge in [-0.2, -0.15) is 0 Å². The molecule has 4 heteroatoms. The van der Waals surface area contributed by atoms with E-state index in [0.717, 1.165) is 0 Å². The van der Waals surface area contributed by atoms with Gasteiger partial charge in [0.15, 0.2) is 5.78 Å². The Hall–Kier alpha value is -1.58. The highest BCUT2D eigenvalue weighted by molar-refractivity contribution is 5.93. The summed E-state index contributed by atoms with van der Waals surface area (Å²) in [4.78, 5) is 24.5. The third-order valence-corrected chi connectivity index (χ3v) is 2.64. The molecule has 0 saturated heterocycles. The van der Waals surface area contributed by atoms with E-state index in [4.69, 9.17) is 0 Å². The van der Waals surface area contributed by atoms with Crippen LogP contribution in [0.25, 0.3) is 0 Å². The maximum Gasteiger partial charge on any atom is 0.242 e. The van der Waals surface area contributed by atoms with E-state index in [9.17, 15) is 9.59 Å². The monoisotopic (exact) mass is 222 g/mol. The first-order valence-electron chi connectivity index (χ1n) is 5.34. The molecule has 1 aromatic heterocycles. The number of hydrogen-bond acceptors (Lipinski definition) is 2. The Bertz CT molecular complexity index is 393. The number of likely N-dealkylation sites (N-methyl/N-ethyl adjacent to an activating group) is 1. The van der Waals surface area contributed by atoms with Gasteiger partial charge < -0.3 is 9.47 Å². The first-order valence-corrected chi connectivity index (χ1v) is 5.34. The van der Waals surface area contributed by atoms with Crippen molar-refractivity contribution in [3.8, 4) is 0 Å². The molecule has 1 rings (SSSR count). The SMILES string of the molecule is CC(=O)c1ccn(CC(=O)N(C)C(C)C)c1. The zero-order chi connectivity index (χ0) is 12.3. The van der Waals surface area contributed by atoms with Crippen LogP contribution in [0.15, 0.2) is 18.5 Å². The number of carbonyl (C=O) groups is 2. The van der Waals surface area contributed by atoms with Crippen molar-refractivity contribution in [3.05, 3.63) is 24.0 Å². The molecule has 1 aromatic rings. The zero-order valence-electron chi connectivity index (χ0n) is 10.2. The van der Waals surface area contributed by atoms with Crippen LogP contribution in [-0.2, 0) is 11.3 Å². The number of hydrogen-bond donors (Lipinski definition) is 0. The number of carbonyl (C=O) groups excluding carboxylic acids is 2. The Kier molecular flexibility index (Phi) is 3.88. The molecule has 0 aliphatic carbocycles. The fraction of sp³-hybridized carbons (Fsp3) is 0.500. The van der Waals surface area contributed by atoms with Crippen molar-refractivity contribution in [3.63, 3.8) is 0 Å². The van der Waals surface area contributed by atoms with Crippen molar-refractivity contribution >= 4 is 11.7 Å². The van der Waals surface area contributed by atoms with Crippen molar-refractivity contribution in [1.29, 1.82) is 0 Å². The Morgan fingerprint density at radius 3 is 2.50 bits per heavy atom. The first kappa shape index (κ1) is 12.5. The molecule has 0 atom stereocenters. The van der Waals surface area contributed by atoms with E-state index in [1.54, 1.807) is 35.0 Å². The molecule has 16 heavy (non-hydrogen) atoms. The van der Waals surface area contributed by atoms with E-state index in [-0.39, 0.29) is 24.3 Å². The van der Waals surface area contributed by atoms with E-state index in [1.165, 1.54) is 6.92 Å². The largest absolute Gasteiger partial charge is 0.344 e. The van der Waals surface area contributed by atoms with Gasteiger partial charge in [-0.15, -0.1) is 0 Å². The van der Waals surface area contributed by atoms with Gasteiger partial charge in [-0.1, -0.05) is 0 Å². The Labute approximate surface area is 95.9 Å². The molecule has 1 heterocycles. The smallest absolute Gasteiger partial charge is 0.242 e. The van der Waals surface area contributed by atoms with Crippen molar-refractivity contribution in [2.75, 3.05) is 7.05 Å². The topological polar surface area (TPSA) is 42.3 Å². The molecule has 0 aliphatic heterocycles. The quantitative estimate of drug-likeness (QED) is 0.725. The second kappa shape index (κ2) is 4.96. The molecule has 0 bridgehead atoms. The van der Waals surface area contributed by atoms with E-state index >= 15 is 0 Å². The van der Waals surface area contributed by atoms with Gasteiger partial charge in [0.25, 0.3) is 0 Å². The van der Waals surface area contributed by atoms with Gasteiger partial charge in [0.2, 0.25) is 5.91 Å². The van der Waals surface area contributed by atoms with Crippen LogP contribution in [-0.4, -0.2) is 34.2 Å². The fourth-order valence-electron chi connectivity index (χ4n) is 1.30. The minimum atomic E-state index is 0.0170. The Morgan fingerprint density at radius 2 is 2.06 bits per heavy atom. The third kappa shape index (κ3) is 2.95. The summed E-state index contributed by atoms with van der Waals surface area (Å²) < 4.78 is 1.73. The molecular weight excluding hydrogens is 204 g/mol. The molecule has 1 amide bonds. The number of rotatable bonds is 4. The van der Waals surface area contributed by atoms with Gasteiger partial charge in [-0.05, 0) is 26.8 Å².